The van der Waals surface area contributed by atoms with E-state index in [0.29, 0.717) is 5.92 Å². The Bertz CT molecular complexity index is 228. The van der Waals surface area contributed by atoms with Gasteiger partial charge in [-0.25, -0.2) is 0 Å². The number of esters is 1. The molecule has 100 valence electrons. The Kier molecular flexibility index (Phi) is 6.47. The van der Waals surface area contributed by atoms with Crippen LogP contribution in [-0.4, -0.2) is 64.4 Å². The van der Waals surface area contributed by atoms with Crippen molar-refractivity contribution in [1.29, 1.82) is 0 Å². The lowest BCUT2D eigenvalue weighted by molar-refractivity contribution is -0.143. The van der Waals surface area contributed by atoms with Crippen molar-refractivity contribution in [1.82, 2.24) is 10.2 Å². The van der Waals surface area contributed by atoms with Gasteiger partial charge in [-0.15, -0.1) is 0 Å². The molecule has 0 saturated carbocycles. The first-order valence-corrected chi connectivity index (χ1v) is 6.17. The van der Waals surface area contributed by atoms with Gasteiger partial charge in [-0.1, -0.05) is 0 Å². The van der Waals surface area contributed by atoms with E-state index < -0.39 is 0 Å². The van der Waals surface area contributed by atoms with E-state index in [1.807, 2.05) is 0 Å². The summed E-state index contributed by atoms with van der Waals surface area (Å²) in [4.78, 5) is 13.8. The molecule has 1 heterocycles. The Morgan fingerprint density at radius 2 is 2.06 bits per heavy atom. The molecule has 0 bridgehead atoms. The molecule has 1 saturated heterocycles. The van der Waals surface area contributed by atoms with Gasteiger partial charge >= 0.3 is 5.97 Å². The van der Waals surface area contributed by atoms with E-state index in [9.17, 15) is 4.79 Å². The van der Waals surface area contributed by atoms with Crippen LogP contribution >= 0.6 is 0 Å². The summed E-state index contributed by atoms with van der Waals surface area (Å²) in [7, 11) is 4.97. The van der Waals surface area contributed by atoms with Crippen LogP contribution in [0.4, 0.5) is 0 Å². The number of hydrogen-bond donors (Lipinski definition) is 1. The smallest absolute Gasteiger partial charge is 0.324 e. The Morgan fingerprint density at radius 3 is 2.53 bits per heavy atom. The monoisotopic (exact) mass is 244 g/mol. The highest BCUT2D eigenvalue weighted by molar-refractivity contribution is 5.75. The summed E-state index contributed by atoms with van der Waals surface area (Å²) in [5, 5.41) is 3.00. The largest absolute Gasteiger partial charge is 0.468 e. The third kappa shape index (κ3) is 4.61. The van der Waals surface area contributed by atoms with Crippen LogP contribution in [0, 0.1) is 5.92 Å². The number of likely N-dealkylation sites (tertiary alicyclic amines) is 1. The maximum absolute atomic E-state index is 11.5. The summed E-state index contributed by atoms with van der Waals surface area (Å²) >= 11 is 0. The molecule has 1 atom stereocenters. The summed E-state index contributed by atoms with van der Waals surface area (Å²) in [5.74, 6) is 0.480. The van der Waals surface area contributed by atoms with Crippen LogP contribution < -0.4 is 5.32 Å². The Morgan fingerprint density at radius 1 is 1.41 bits per heavy atom. The van der Waals surface area contributed by atoms with E-state index in [2.05, 4.69) is 10.2 Å². The van der Waals surface area contributed by atoms with Crippen molar-refractivity contribution in [3.63, 3.8) is 0 Å². The number of carbonyl (C=O) groups excluding carboxylic acids is 1. The molecule has 1 unspecified atom stereocenters. The fourth-order valence-corrected chi connectivity index (χ4v) is 2.26. The maximum Gasteiger partial charge on any atom is 0.324 e. The predicted molar refractivity (Wildman–Crippen MR) is 65.9 cm³/mol. The molecule has 17 heavy (non-hydrogen) atoms. The van der Waals surface area contributed by atoms with Crippen LogP contribution in [0.3, 0.4) is 0 Å². The van der Waals surface area contributed by atoms with E-state index in [-0.39, 0.29) is 12.0 Å². The van der Waals surface area contributed by atoms with Crippen LogP contribution in [0.5, 0.6) is 0 Å². The fourth-order valence-electron chi connectivity index (χ4n) is 2.26. The quantitative estimate of drug-likeness (QED) is 0.672. The molecular formula is C12H24N2O3. The molecular weight excluding hydrogens is 220 g/mol. The van der Waals surface area contributed by atoms with E-state index in [1.165, 1.54) is 7.11 Å². The van der Waals surface area contributed by atoms with Gasteiger partial charge in [0.15, 0.2) is 0 Å². The normalized spacial score (nSPS) is 20.2. The lowest BCUT2D eigenvalue weighted by Gasteiger charge is -2.33. The molecule has 5 nitrogen and oxygen atoms in total. The number of methoxy groups -OCH3 is 2. The molecule has 1 aliphatic rings. The number of rotatable bonds is 6. The Labute approximate surface area is 103 Å². The molecule has 0 aromatic carbocycles. The zero-order valence-corrected chi connectivity index (χ0v) is 11.1. The first-order valence-electron chi connectivity index (χ1n) is 6.17. The summed E-state index contributed by atoms with van der Waals surface area (Å²) in [6.07, 6.45) is 2.29. The molecule has 1 aliphatic heterocycles. The molecule has 0 amide bonds. The van der Waals surface area contributed by atoms with Crippen molar-refractivity contribution in [2.24, 2.45) is 5.92 Å². The van der Waals surface area contributed by atoms with E-state index in [0.717, 1.165) is 39.1 Å². The second-order valence-electron chi connectivity index (χ2n) is 4.56. The van der Waals surface area contributed by atoms with Gasteiger partial charge in [0.1, 0.15) is 6.04 Å². The Balaban J connectivity index is 2.31. The highest BCUT2D eigenvalue weighted by Crippen LogP contribution is 2.17. The van der Waals surface area contributed by atoms with Crippen LogP contribution in [0.15, 0.2) is 0 Å². The number of ether oxygens (including phenoxy) is 2. The molecule has 0 spiro atoms. The second kappa shape index (κ2) is 7.63. The van der Waals surface area contributed by atoms with Crippen LogP contribution in [0.1, 0.15) is 12.8 Å². The van der Waals surface area contributed by atoms with Crippen molar-refractivity contribution in [3.05, 3.63) is 0 Å². The van der Waals surface area contributed by atoms with Crippen molar-refractivity contribution < 1.29 is 14.3 Å². The minimum atomic E-state index is -0.223. The van der Waals surface area contributed by atoms with E-state index in [4.69, 9.17) is 9.47 Å². The van der Waals surface area contributed by atoms with Gasteiger partial charge in [0, 0.05) is 20.3 Å². The van der Waals surface area contributed by atoms with Gasteiger partial charge in [-0.05, 0) is 38.9 Å². The summed E-state index contributed by atoms with van der Waals surface area (Å²) in [6, 6.07) is -0.223. The minimum absolute atomic E-state index is 0.188. The predicted octanol–water partition coefficient (Wildman–Crippen LogP) is 0.106. The van der Waals surface area contributed by atoms with E-state index >= 15 is 0 Å². The lowest BCUT2D eigenvalue weighted by Crippen LogP contribution is -2.47. The average Bonchev–Trinajstić information content (AvgIpc) is 2.37. The van der Waals surface area contributed by atoms with Gasteiger partial charge in [0.05, 0.1) is 7.11 Å². The van der Waals surface area contributed by atoms with Crippen LogP contribution in [0.2, 0.25) is 0 Å². The highest BCUT2D eigenvalue weighted by atomic mass is 16.5. The molecule has 1 N–H and O–H groups in total. The van der Waals surface area contributed by atoms with Gasteiger partial charge < -0.3 is 19.7 Å². The molecule has 1 rings (SSSR count). The van der Waals surface area contributed by atoms with Crippen molar-refractivity contribution >= 4 is 5.97 Å². The second-order valence-corrected chi connectivity index (χ2v) is 4.56. The number of carbonyl (C=O) groups is 1. The molecule has 0 aliphatic carbocycles. The summed E-state index contributed by atoms with van der Waals surface area (Å²) in [6.45, 7) is 3.63. The summed E-state index contributed by atoms with van der Waals surface area (Å²) in [5.41, 5.74) is 0. The molecule has 0 radical (unpaired) electrons. The first kappa shape index (κ1) is 14.4. The number of nitrogens with zero attached hydrogens (tertiary/aromatic N) is 1. The third-order valence-electron chi connectivity index (χ3n) is 3.38. The zero-order valence-electron chi connectivity index (χ0n) is 11.1. The van der Waals surface area contributed by atoms with E-state index in [1.54, 1.807) is 14.2 Å². The lowest BCUT2D eigenvalue weighted by atomic mass is 9.97. The first-order chi connectivity index (χ1) is 8.21. The standard InChI is InChI=1S/C12H24N2O3/c1-13-11(12(15)17-3)8-14-6-4-10(5-7-14)9-16-2/h10-11,13H,4-9H2,1-3H3. The number of likely N-dealkylation sites (N-methyl/N-ethyl adjacent to an activating group) is 1. The SMILES string of the molecule is CNC(CN1CCC(COC)CC1)C(=O)OC. The molecule has 0 aromatic heterocycles. The number of piperidine rings is 1. The molecule has 5 heteroatoms. The van der Waals surface area contributed by atoms with Crippen molar-refractivity contribution in [2.75, 3.05) is 47.5 Å². The summed E-state index contributed by atoms with van der Waals surface area (Å²) < 4.78 is 9.93. The minimum Gasteiger partial charge on any atom is -0.468 e. The Hall–Kier alpha value is -0.650. The fraction of sp³-hybridized carbons (Fsp3) is 0.917. The zero-order chi connectivity index (χ0) is 12.7. The number of hydrogen-bond acceptors (Lipinski definition) is 5. The molecule has 1 fully saturated rings. The van der Waals surface area contributed by atoms with Crippen molar-refractivity contribution in [2.45, 2.75) is 18.9 Å². The van der Waals surface area contributed by atoms with Gasteiger partial charge in [-0.2, -0.15) is 0 Å². The topological polar surface area (TPSA) is 50.8 Å². The average molecular weight is 244 g/mol. The number of nitrogens with one attached hydrogen (secondary N) is 1. The van der Waals surface area contributed by atoms with Gasteiger partial charge in [0.25, 0.3) is 0 Å². The maximum atomic E-state index is 11.5. The van der Waals surface area contributed by atoms with Crippen LogP contribution in [0.25, 0.3) is 0 Å². The van der Waals surface area contributed by atoms with Crippen molar-refractivity contribution in [3.8, 4) is 0 Å². The highest BCUT2D eigenvalue weighted by Gasteiger charge is 2.24. The third-order valence-corrected chi connectivity index (χ3v) is 3.38. The molecule has 0 aromatic rings. The van der Waals surface area contributed by atoms with Crippen LogP contribution in [-0.2, 0) is 14.3 Å². The van der Waals surface area contributed by atoms with Gasteiger partial charge in [-0.3, -0.25) is 4.79 Å². The van der Waals surface area contributed by atoms with Gasteiger partial charge in [0.2, 0.25) is 0 Å².